The van der Waals surface area contributed by atoms with Crippen molar-refractivity contribution in [3.8, 4) is 11.5 Å². The van der Waals surface area contributed by atoms with Crippen LogP contribution in [0.15, 0.2) is 40.9 Å². The third-order valence-corrected chi connectivity index (χ3v) is 5.60. The van der Waals surface area contributed by atoms with Crippen LogP contribution in [-0.4, -0.2) is 13.2 Å². The highest BCUT2D eigenvalue weighted by Crippen LogP contribution is 2.37. The molecule has 0 bridgehead atoms. The number of hydrogen-bond donors (Lipinski definition) is 1. The number of halogens is 2. The van der Waals surface area contributed by atoms with Crippen molar-refractivity contribution in [3.63, 3.8) is 0 Å². The molecule has 140 valence electrons. The Hall–Kier alpha value is -1.59. The number of nitrogens with one attached hydrogen (secondary N) is 1. The maximum Gasteiger partial charge on any atom is 0.167 e. The monoisotopic (exact) mass is 421 g/mol. The van der Waals surface area contributed by atoms with Gasteiger partial charge in [0.1, 0.15) is 12.4 Å². The van der Waals surface area contributed by atoms with Crippen molar-refractivity contribution in [1.82, 2.24) is 5.32 Å². The van der Waals surface area contributed by atoms with Gasteiger partial charge in [-0.2, -0.15) is 0 Å². The molecule has 3 nitrogen and oxygen atoms in total. The van der Waals surface area contributed by atoms with Crippen molar-refractivity contribution >= 4 is 15.9 Å². The van der Waals surface area contributed by atoms with Crippen molar-refractivity contribution in [3.05, 3.63) is 57.8 Å². The molecule has 0 radical (unpaired) electrons. The van der Waals surface area contributed by atoms with Crippen LogP contribution in [0.3, 0.4) is 0 Å². The zero-order valence-electron chi connectivity index (χ0n) is 15.1. The van der Waals surface area contributed by atoms with E-state index in [1.165, 1.54) is 44.2 Å². The minimum absolute atomic E-state index is 0.244. The summed E-state index contributed by atoms with van der Waals surface area (Å²) in [7, 11) is 1.65. The minimum atomic E-state index is -0.244. The zero-order chi connectivity index (χ0) is 18.4. The van der Waals surface area contributed by atoms with Crippen molar-refractivity contribution in [2.45, 2.75) is 51.3 Å². The smallest absolute Gasteiger partial charge is 0.167 e. The molecule has 0 aliphatic heterocycles. The lowest BCUT2D eigenvalue weighted by atomic mass is 9.95. The summed E-state index contributed by atoms with van der Waals surface area (Å²) in [5.41, 5.74) is 1.97. The Kier molecular flexibility index (Phi) is 6.92. The quantitative estimate of drug-likeness (QED) is 0.630. The molecule has 0 unspecified atom stereocenters. The number of rotatable bonds is 7. The standard InChI is InChI=1S/C21H25BrFNO2/c1-25-20-12-11-19(22)18(13-24-17-5-3-2-4-6-17)21(20)26-14-15-7-9-16(23)10-8-15/h7-12,17,24H,2-6,13-14H2,1H3. The van der Waals surface area contributed by atoms with E-state index < -0.39 is 0 Å². The van der Waals surface area contributed by atoms with E-state index in [4.69, 9.17) is 9.47 Å². The highest BCUT2D eigenvalue weighted by Gasteiger charge is 2.18. The lowest BCUT2D eigenvalue weighted by Crippen LogP contribution is -2.30. The topological polar surface area (TPSA) is 30.5 Å². The summed E-state index contributed by atoms with van der Waals surface area (Å²) in [5.74, 6) is 1.19. The highest BCUT2D eigenvalue weighted by molar-refractivity contribution is 9.10. The summed E-state index contributed by atoms with van der Waals surface area (Å²) in [6.07, 6.45) is 6.39. The van der Waals surface area contributed by atoms with E-state index in [2.05, 4.69) is 21.2 Å². The third kappa shape index (κ3) is 4.98. The molecule has 26 heavy (non-hydrogen) atoms. The van der Waals surface area contributed by atoms with Gasteiger partial charge >= 0.3 is 0 Å². The van der Waals surface area contributed by atoms with Gasteiger partial charge in [0.15, 0.2) is 11.5 Å². The molecule has 1 N–H and O–H groups in total. The number of benzene rings is 2. The molecule has 3 rings (SSSR count). The Bertz CT molecular complexity index is 715. The second-order valence-corrected chi connectivity index (χ2v) is 7.54. The van der Waals surface area contributed by atoms with Crippen LogP contribution in [-0.2, 0) is 13.2 Å². The average molecular weight is 422 g/mol. The summed E-state index contributed by atoms with van der Waals surface area (Å²) < 4.78 is 25.7. The third-order valence-electron chi connectivity index (χ3n) is 4.86. The van der Waals surface area contributed by atoms with Gasteiger partial charge in [-0.1, -0.05) is 47.3 Å². The van der Waals surface area contributed by atoms with Crippen LogP contribution >= 0.6 is 15.9 Å². The second kappa shape index (κ2) is 9.38. The van der Waals surface area contributed by atoms with Gasteiger partial charge in [-0.3, -0.25) is 0 Å². The first-order chi connectivity index (χ1) is 12.7. The maximum absolute atomic E-state index is 13.1. The fraction of sp³-hybridized carbons (Fsp3) is 0.429. The van der Waals surface area contributed by atoms with Gasteiger partial charge in [0.2, 0.25) is 0 Å². The number of methoxy groups -OCH3 is 1. The fourth-order valence-electron chi connectivity index (χ4n) is 3.36. The van der Waals surface area contributed by atoms with Crippen LogP contribution < -0.4 is 14.8 Å². The van der Waals surface area contributed by atoms with Crippen LogP contribution in [0.1, 0.15) is 43.2 Å². The van der Waals surface area contributed by atoms with Crippen LogP contribution in [0.5, 0.6) is 11.5 Å². The summed E-state index contributed by atoms with van der Waals surface area (Å²) in [6, 6.07) is 10.8. The van der Waals surface area contributed by atoms with Crippen LogP contribution in [0.25, 0.3) is 0 Å². The molecule has 1 aliphatic carbocycles. The molecule has 1 aliphatic rings. The van der Waals surface area contributed by atoms with E-state index in [1.54, 1.807) is 19.2 Å². The highest BCUT2D eigenvalue weighted by atomic mass is 79.9. The predicted molar refractivity (Wildman–Crippen MR) is 105 cm³/mol. The van der Waals surface area contributed by atoms with Crippen molar-refractivity contribution in [2.75, 3.05) is 7.11 Å². The molecule has 0 saturated heterocycles. The van der Waals surface area contributed by atoms with Gasteiger partial charge in [-0.15, -0.1) is 0 Å². The molecule has 1 saturated carbocycles. The van der Waals surface area contributed by atoms with Gasteiger partial charge in [-0.25, -0.2) is 4.39 Å². The van der Waals surface area contributed by atoms with Gasteiger partial charge in [0.25, 0.3) is 0 Å². The zero-order valence-corrected chi connectivity index (χ0v) is 16.6. The van der Waals surface area contributed by atoms with Crippen LogP contribution in [0, 0.1) is 5.82 Å². The van der Waals surface area contributed by atoms with E-state index in [0.29, 0.717) is 18.4 Å². The lowest BCUT2D eigenvalue weighted by molar-refractivity contribution is 0.278. The predicted octanol–water partition coefficient (Wildman–Crippen LogP) is 5.60. The Morgan fingerprint density at radius 2 is 1.81 bits per heavy atom. The average Bonchev–Trinajstić information content (AvgIpc) is 2.67. The number of hydrogen-bond acceptors (Lipinski definition) is 3. The molecule has 5 heteroatoms. The van der Waals surface area contributed by atoms with E-state index in [0.717, 1.165) is 27.9 Å². The van der Waals surface area contributed by atoms with Crippen molar-refractivity contribution in [1.29, 1.82) is 0 Å². The summed E-state index contributed by atoms with van der Waals surface area (Å²) in [4.78, 5) is 0. The largest absolute Gasteiger partial charge is 0.493 e. The first-order valence-electron chi connectivity index (χ1n) is 9.13. The van der Waals surface area contributed by atoms with Crippen molar-refractivity contribution in [2.24, 2.45) is 0 Å². The maximum atomic E-state index is 13.1. The molecule has 2 aromatic rings. The Morgan fingerprint density at radius 3 is 2.50 bits per heavy atom. The van der Waals surface area contributed by atoms with E-state index in [-0.39, 0.29) is 5.82 Å². The van der Waals surface area contributed by atoms with Gasteiger partial charge < -0.3 is 14.8 Å². The molecule has 0 aromatic heterocycles. The Labute approximate surface area is 163 Å². The molecule has 0 atom stereocenters. The molecular formula is C21H25BrFNO2. The summed E-state index contributed by atoms with van der Waals surface area (Å²) in [5, 5.41) is 3.66. The molecule has 0 heterocycles. The number of ether oxygens (including phenoxy) is 2. The van der Waals surface area contributed by atoms with Gasteiger partial charge in [0, 0.05) is 22.6 Å². The van der Waals surface area contributed by atoms with E-state index in [9.17, 15) is 4.39 Å². The SMILES string of the molecule is COc1ccc(Br)c(CNC2CCCCC2)c1OCc1ccc(F)cc1. The first-order valence-corrected chi connectivity index (χ1v) is 9.92. The molecule has 1 fully saturated rings. The summed E-state index contributed by atoms with van der Waals surface area (Å²) in [6.45, 7) is 1.09. The molecular weight excluding hydrogens is 397 g/mol. The lowest BCUT2D eigenvalue weighted by Gasteiger charge is -2.24. The Morgan fingerprint density at radius 1 is 1.08 bits per heavy atom. The molecule has 0 spiro atoms. The van der Waals surface area contributed by atoms with E-state index in [1.807, 2.05) is 12.1 Å². The summed E-state index contributed by atoms with van der Waals surface area (Å²) >= 11 is 3.65. The molecule has 2 aromatic carbocycles. The Balaban J connectivity index is 1.74. The minimum Gasteiger partial charge on any atom is -0.493 e. The van der Waals surface area contributed by atoms with Gasteiger partial charge in [-0.05, 0) is 42.7 Å². The van der Waals surface area contributed by atoms with Gasteiger partial charge in [0.05, 0.1) is 7.11 Å². The molecule has 0 amide bonds. The van der Waals surface area contributed by atoms with Crippen LogP contribution in [0.2, 0.25) is 0 Å². The first kappa shape index (κ1) is 19.2. The fourth-order valence-corrected chi connectivity index (χ4v) is 3.81. The second-order valence-electron chi connectivity index (χ2n) is 6.69. The van der Waals surface area contributed by atoms with Crippen molar-refractivity contribution < 1.29 is 13.9 Å². The van der Waals surface area contributed by atoms with Crippen LogP contribution in [0.4, 0.5) is 4.39 Å². The normalized spacial score (nSPS) is 15.0. The van der Waals surface area contributed by atoms with E-state index >= 15 is 0 Å².